The van der Waals surface area contributed by atoms with Crippen LogP contribution in [0.25, 0.3) is 0 Å². The van der Waals surface area contributed by atoms with Crippen molar-refractivity contribution >= 4 is 17.3 Å². The van der Waals surface area contributed by atoms with E-state index in [9.17, 15) is 4.79 Å². The molecule has 1 amide bonds. The summed E-state index contributed by atoms with van der Waals surface area (Å²) in [6.45, 7) is 6.70. The number of hydrogen-bond donors (Lipinski definition) is 2. The van der Waals surface area contributed by atoms with Gasteiger partial charge in [-0.3, -0.25) is 9.69 Å². The first-order chi connectivity index (χ1) is 9.04. The lowest BCUT2D eigenvalue weighted by Crippen LogP contribution is -2.39. The topological polar surface area (TPSA) is 58.4 Å². The van der Waals surface area contributed by atoms with Gasteiger partial charge in [-0.15, -0.1) is 0 Å². The van der Waals surface area contributed by atoms with E-state index in [2.05, 4.69) is 17.1 Å². The van der Waals surface area contributed by atoms with E-state index in [0.717, 1.165) is 18.7 Å². The van der Waals surface area contributed by atoms with Crippen molar-refractivity contribution in [1.82, 2.24) is 4.90 Å². The van der Waals surface area contributed by atoms with Crippen LogP contribution in [-0.2, 0) is 4.79 Å². The Hall–Kier alpha value is -1.55. The van der Waals surface area contributed by atoms with Crippen LogP contribution in [0.2, 0.25) is 0 Å². The largest absolute Gasteiger partial charge is 0.397 e. The molecule has 1 aromatic carbocycles. The molecule has 0 saturated carbocycles. The molecule has 104 valence electrons. The average Bonchev–Trinajstić information content (AvgIpc) is 2.33. The summed E-state index contributed by atoms with van der Waals surface area (Å²) in [5.41, 5.74) is 8.33. The van der Waals surface area contributed by atoms with Gasteiger partial charge in [-0.25, -0.2) is 0 Å². The number of anilines is 2. The lowest BCUT2D eigenvalue weighted by atomic mass is 10.0. The lowest BCUT2D eigenvalue weighted by molar-refractivity contribution is -0.117. The molecule has 1 aliphatic heterocycles. The lowest BCUT2D eigenvalue weighted by Gasteiger charge is -2.30. The van der Waals surface area contributed by atoms with Gasteiger partial charge in [0.15, 0.2) is 0 Å². The van der Waals surface area contributed by atoms with Crippen LogP contribution in [0.15, 0.2) is 18.2 Å². The van der Waals surface area contributed by atoms with E-state index in [1.807, 2.05) is 25.1 Å². The smallest absolute Gasteiger partial charge is 0.238 e. The number of nitrogens with one attached hydrogen (secondary N) is 1. The highest BCUT2D eigenvalue weighted by Gasteiger charge is 2.18. The van der Waals surface area contributed by atoms with Gasteiger partial charge in [0.05, 0.1) is 17.9 Å². The molecule has 1 fully saturated rings. The molecule has 0 bridgehead atoms. The molecule has 4 nitrogen and oxygen atoms in total. The molecule has 0 aliphatic carbocycles. The molecule has 19 heavy (non-hydrogen) atoms. The van der Waals surface area contributed by atoms with Crippen molar-refractivity contribution < 1.29 is 4.79 Å². The van der Waals surface area contributed by atoms with Crippen LogP contribution >= 0.6 is 0 Å². The fourth-order valence-corrected chi connectivity index (χ4v) is 2.62. The normalized spacial score (nSPS) is 20.2. The van der Waals surface area contributed by atoms with Crippen LogP contribution in [0.5, 0.6) is 0 Å². The number of nitrogens with zero attached hydrogens (tertiary/aromatic N) is 1. The number of benzene rings is 1. The number of nitrogen functional groups attached to an aromatic ring is 1. The standard InChI is InChI=1S/C15H23N3O/c1-11-5-6-14(13(16)8-11)17-15(19)10-18-7-3-4-12(2)9-18/h5-6,8,12H,3-4,7,9-10,16H2,1-2H3,(H,17,19). The number of piperidine rings is 1. The second-order valence-corrected chi connectivity index (χ2v) is 5.62. The van der Waals surface area contributed by atoms with Gasteiger partial charge in [-0.05, 0) is 49.9 Å². The van der Waals surface area contributed by atoms with E-state index >= 15 is 0 Å². The summed E-state index contributed by atoms with van der Waals surface area (Å²) < 4.78 is 0. The van der Waals surface area contributed by atoms with E-state index in [-0.39, 0.29) is 5.91 Å². The summed E-state index contributed by atoms with van der Waals surface area (Å²) in [7, 11) is 0. The highest BCUT2D eigenvalue weighted by Crippen LogP contribution is 2.20. The van der Waals surface area contributed by atoms with Crippen molar-refractivity contribution in [3.63, 3.8) is 0 Å². The number of nitrogens with two attached hydrogens (primary N) is 1. The molecular formula is C15H23N3O. The van der Waals surface area contributed by atoms with Crippen molar-refractivity contribution in [3.05, 3.63) is 23.8 Å². The van der Waals surface area contributed by atoms with Gasteiger partial charge in [-0.1, -0.05) is 13.0 Å². The van der Waals surface area contributed by atoms with Crippen molar-refractivity contribution in [2.45, 2.75) is 26.7 Å². The van der Waals surface area contributed by atoms with Gasteiger partial charge < -0.3 is 11.1 Å². The number of likely N-dealkylation sites (tertiary alicyclic amines) is 1. The minimum absolute atomic E-state index is 0.0182. The number of hydrogen-bond acceptors (Lipinski definition) is 3. The molecule has 4 heteroatoms. The quantitative estimate of drug-likeness (QED) is 0.820. The van der Waals surface area contributed by atoms with E-state index in [0.29, 0.717) is 23.8 Å². The third-order valence-electron chi connectivity index (χ3n) is 3.59. The fourth-order valence-electron chi connectivity index (χ4n) is 2.62. The van der Waals surface area contributed by atoms with Crippen LogP contribution in [0, 0.1) is 12.8 Å². The third-order valence-corrected chi connectivity index (χ3v) is 3.59. The first kappa shape index (κ1) is 13.9. The molecule has 1 saturated heterocycles. The molecular weight excluding hydrogens is 238 g/mol. The van der Waals surface area contributed by atoms with Gasteiger partial charge in [0.2, 0.25) is 5.91 Å². The first-order valence-electron chi connectivity index (χ1n) is 6.93. The molecule has 1 atom stereocenters. The van der Waals surface area contributed by atoms with Gasteiger partial charge in [0, 0.05) is 6.54 Å². The molecule has 0 spiro atoms. The molecule has 1 heterocycles. The number of carbonyl (C=O) groups excluding carboxylic acids is 1. The van der Waals surface area contributed by atoms with Crippen molar-refractivity contribution in [1.29, 1.82) is 0 Å². The Morgan fingerprint density at radius 2 is 2.32 bits per heavy atom. The zero-order valence-corrected chi connectivity index (χ0v) is 11.8. The van der Waals surface area contributed by atoms with Crippen molar-refractivity contribution in [2.75, 3.05) is 30.7 Å². The van der Waals surface area contributed by atoms with E-state index in [1.54, 1.807) is 0 Å². The molecule has 2 rings (SSSR count). The number of aryl methyl sites for hydroxylation is 1. The third kappa shape index (κ3) is 3.96. The first-order valence-corrected chi connectivity index (χ1v) is 6.93. The Morgan fingerprint density at radius 3 is 3.00 bits per heavy atom. The molecule has 1 aliphatic rings. The zero-order valence-electron chi connectivity index (χ0n) is 11.8. The van der Waals surface area contributed by atoms with Crippen molar-refractivity contribution in [2.24, 2.45) is 5.92 Å². The van der Waals surface area contributed by atoms with Gasteiger partial charge >= 0.3 is 0 Å². The predicted octanol–water partition coefficient (Wildman–Crippen LogP) is 2.25. The summed E-state index contributed by atoms with van der Waals surface area (Å²) in [4.78, 5) is 14.2. The van der Waals surface area contributed by atoms with Gasteiger partial charge in [-0.2, -0.15) is 0 Å². The maximum Gasteiger partial charge on any atom is 0.238 e. The fraction of sp³-hybridized carbons (Fsp3) is 0.533. The SMILES string of the molecule is Cc1ccc(NC(=O)CN2CCCC(C)C2)c(N)c1. The molecule has 1 aromatic rings. The van der Waals surface area contributed by atoms with Gasteiger partial charge in [0.1, 0.15) is 0 Å². The Kier molecular flexibility index (Phi) is 4.43. The maximum absolute atomic E-state index is 12.0. The Morgan fingerprint density at radius 1 is 1.53 bits per heavy atom. The number of carbonyl (C=O) groups is 1. The molecule has 0 aromatic heterocycles. The van der Waals surface area contributed by atoms with Crippen LogP contribution in [0.3, 0.4) is 0 Å². The van der Waals surface area contributed by atoms with Gasteiger partial charge in [0.25, 0.3) is 0 Å². The minimum Gasteiger partial charge on any atom is -0.397 e. The summed E-state index contributed by atoms with van der Waals surface area (Å²) in [6, 6.07) is 5.69. The average molecular weight is 261 g/mol. The highest BCUT2D eigenvalue weighted by atomic mass is 16.2. The summed E-state index contributed by atoms with van der Waals surface area (Å²) in [5.74, 6) is 0.704. The van der Waals surface area contributed by atoms with Crippen LogP contribution in [0.4, 0.5) is 11.4 Å². The Bertz CT molecular complexity index is 459. The van der Waals surface area contributed by atoms with E-state index in [1.165, 1.54) is 12.8 Å². The summed E-state index contributed by atoms with van der Waals surface area (Å²) in [5, 5.41) is 2.89. The maximum atomic E-state index is 12.0. The molecule has 1 unspecified atom stereocenters. The van der Waals surface area contributed by atoms with E-state index < -0.39 is 0 Å². The van der Waals surface area contributed by atoms with Crippen molar-refractivity contribution in [3.8, 4) is 0 Å². The molecule has 3 N–H and O–H groups in total. The second-order valence-electron chi connectivity index (χ2n) is 5.62. The highest BCUT2D eigenvalue weighted by molar-refractivity contribution is 5.95. The Labute approximate surface area is 115 Å². The number of rotatable bonds is 3. The summed E-state index contributed by atoms with van der Waals surface area (Å²) >= 11 is 0. The van der Waals surface area contributed by atoms with E-state index in [4.69, 9.17) is 5.73 Å². The minimum atomic E-state index is 0.0182. The van der Waals surface area contributed by atoms with Crippen LogP contribution in [0.1, 0.15) is 25.3 Å². The predicted molar refractivity (Wildman–Crippen MR) is 79.1 cm³/mol. The number of amides is 1. The zero-order chi connectivity index (χ0) is 13.8. The van der Waals surface area contributed by atoms with Crippen LogP contribution in [-0.4, -0.2) is 30.4 Å². The monoisotopic (exact) mass is 261 g/mol. The second kappa shape index (κ2) is 6.06. The van der Waals surface area contributed by atoms with Crippen LogP contribution < -0.4 is 11.1 Å². The molecule has 0 radical (unpaired) electrons. The Balaban J connectivity index is 1.90. The summed E-state index contributed by atoms with van der Waals surface area (Å²) in [6.07, 6.45) is 2.45.